The standard InChI is InChI=1S/C10H9NO2/c1-3-10(13)11-8-4-5-9(12)7(2)6-8/h1,4-6,12H,2H3,(H,11,13). The molecular formula is C10H9NO2. The van der Waals surface area contributed by atoms with Crippen molar-refractivity contribution in [2.75, 3.05) is 5.32 Å². The summed E-state index contributed by atoms with van der Waals surface area (Å²) in [5, 5.41) is 11.7. The van der Waals surface area contributed by atoms with Crippen LogP contribution in [-0.4, -0.2) is 11.0 Å². The number of aryl methyl sites for hydroxylation is 1. The fourth-order valence-electron chi connectivity index (χ4n) is 0.900. The van der Waals surface area contributed by atoms with Gasteiger partial charge in [0, 0.05) is 5.69 Å². The Hall–Kier alpha value is -1.95. The number of amides is 1. The zero-order chi connectivity index (χ0) is 9.84. The molecule has 1 aromatic rings. The van der Waals surface area contributed by atoms with Crippen LogP contribution in [0.25, 0.3) is 0 Å². The zero-order valence-corrected chi connectivity index (χ0v) is 7.16. The summed E-state index contributed by atoms with van der Waals surface area (Å²) >= 11 is 0. The normalized spacial score (nSPS) is 8.92. The van der Waals surface area contributed by atoms with Crippen LogP contribution < -0.4 is 5.32 Å². The number of aromatic hydroxyl groups is 1. The summed E-state index contributed by atoms with van der Waals surface area (Å²) in [7, 11) is 0. The maximum absolute atomic E-state index is 10.8. The van der Waals surface area contributed by atoms with Crippen molar-refractivity contribution >= 4 is 11.6 Å². The summed E-state index contributed by atoms with van der Waals surface area (Å²) in [4.78, 5) is 10.8. The van der Waals surface area contributed by atoms with Crippen LogP contribution in [0.1, 0.15) is 5.56 Å². The van der Waals surface area contributed by atoms with Crippen LogP contribution in [0.2, 0.25) is 0 Å². The first-order valence-corrected chi connectivity index (χ1v) is 3.70. The van der Waals surface area contributed by atoms with Crippen molar-refractivity contribution in [3.05, 3.63) is 23.8 Å². The highest BCUT2D eigenvalue weighted by Crippen LogP contribution is 2.19. The van der Waals surface area contributed by atoms with Gasteiger partial charge in [-0.25, -0.2) is 0 Å². The summed E-state index contributed by atoms with van der Waals surface area (Å²) in [5.74, 6) is 1.63. The zero-order valence-electron chi connectivity index (χ0n) is 7.16. The lowest BCUT2D eigenvalue weighted by Gasteiger charge is -2.03. The third-order valence-corrected chi connectivity index (χ3v) is 1.59. The Balaban J connectivity index is 2.87. The monoisotopic (exact) mass is 175 g/mol. The summed E-state index contributed by atoms with van der Waals surface area (Å²) in [5.41, 5.74) is 1.27. The van der Waals surface area contributed by atoms with E-state index in [0.717, 1.165) is 0 Å². The van der Waals surface area contributed by atoms with Crippen molar-refractivity contribution in [3.8, 4) is 18.1 Å². The van der Waals surface area contributed by atoms with E-state index in [1.807, 2.05) is 5.92 Å². The Morgan fingerprint density at radius 3 is 2.85 bits per heavy atom. The molecular weight excluding hydrogens is 166 g/mol. The van der Waals surface area contributed by atoms with Gasteiger partial charge in [-0.15, -0.1) is 6.42 Å². The average molecular weight is 175 g/mol. The van der Waals surface area contributed by atoms with E-state index in [0.29, 0.717) is 11.3 Å². The lowest BCUT2D eigenvalue weighted by atomic mass is 10.2. The van der Waals surface area contributed by atoms with Crippen LogP contribution in [0.5, 0.6) is 5.75 Å². The molecule has 2 N–H and O–H groups in total. The number of hydrogen-bond acceptors (Lipinski definition) is 2. The van der Waals surface area contributed by atoms with E-state index in [-0.39, 0.29) is 5.75 Å². The van der Waals surface area contributed by atoms with Gasteiger partial charge in [-0.05, 0) is 36.6 Å². The Kier molecular flexibility index (Phi) is 2.56. The summed E-state index contributed by atoms with van der Waals surface area (Å²) in [6, 6.07) is 4.73. The van der Waals surface area contributed by atoms with Crippen molar-refractivity contribution in [3.63, 3.8) is 0 Å². The molecule has 0 saturated heterocycles. The number of rotatable bonds is 1. The summed E-state index contributed by atoms with van der Waals surface area (Å²) < 4.78 is 0. The number of anilines is 1. The number of carbonyl (C=O) groups is 1. The first kappa shape index (κ1) is 9.14. The van der Waals surface area contributed by atoms with E-state index in [4.69, 9.17) is 6.42 Å². The van der Waals surface area contributed by atoms with Gasteiger partial charge < -0.3 is 10.4 Å². The van der Waals surface area contributed by atoms with E-state index < -0.39 is 5.91 Å². The molecule has 0 atom stereocenters. The average Bonchev–Trinajstić information content (AvgIpc) is 2.11. The highest BCUT2D eigenvalue weighted by atomic mass is 16.3. The van der Waals surface area contributed by atoms with E-state index in [2.05, 4.69) is 5.32 Å². The molecule has 1 rings (SSSR count). The molecule has 0 spiro atoms. The summed E-state index contributed by atoms with van der Waals surface area (Å²) in [6.07, 6.45) is 4.88. The van der Waals surface area contributed by atoms with Crippen molar-refractivity contribution in [1.29, 1.82) is 0 Å². The molecule has 1 aromatic carbocycles. The fraction of sp³-hybridized carbons (Fsp3) is 0.100. The molecule has 0 aliphatic rings. The number of benzene rings is 1. The van der Waals surface area contributed by atoms with Crippen LogP contribution in [0.3, 0.4) is 0 Å². The molecule has 0 heterocycles. The van der Waals surface area contributed by atoms with Gasteiger partial charge in [0.1, 0.15) is 5.75 Å². The Morgan fingerprint density at radius 1 is 1.62 bits per heavy atom. The quantitative estimate of drug-likeness (QED) is 0.499. The molecule has 0 aliphatic carbocycles. The second-order valence-electron chi connectivity index (χ2n) is 2.60. The van der Waals surface area contributed by atoms with E-state index >= 15 is 0 Å². The third kappa shape index (κ3) is 2.24. The number of hydrogen-bond donors (Lipinski definition) is 2. The van der Waals surface area contributed by atoms with Gasteiger partial charge in [-0.2, -0.15) is 0 Å². The molecule has 0 fully saturated rings. The number of phenolic OH excluding ortho intramolecular Hbond substituents is 1. The van der Waals surface area contributed by atoms with Crippen LogP contribution in [0, 0.1) is 19.3 Å². The fourth-order valence-corrected chi connectivity index (χ4v) is 0.900. The molecule has 0 radical (unpaired) electrons. The van der Waals surface area contributed by atoms with Crippen molar-refractivity contribution in [2.45, 2.75) is 6.92 Å². The van der Waals surface area contributed by atoms with Crippen LogP contribution in [0.4, 0.5) is 5.69 Å². The second kappa shape index (κ2) is 3.63. The molecule has 66 valence electrons. The van der Waals surface area contributed by atoms with E-state index in [1.165, 1.54) is 6.07 Å². The molecule has 3 nitrogen and oxygen atoms in total. The highest BCUT2D eigenvalue weighted by molar-refractivity contribution is 6.03. The molecule has 0 unspecified atom stereocenters. The van der Waals surface area contributed by atoms with E-state index in [9.17, 15) is 9.90 Å². The molecule has 1 amide bonds. The molecule has 0 bridgehead atoms. The minimum atomic E-state index is -0.495. The van der Waals surface area contributed by atoms with Crippen molar-refractivity contribution in [2.24, 2.45) is 0 Å². The minimum absolute atomic E-state index is 0.193. The third-order valence-electron chi connectivity index (χ3n) is 1.59. The second-order valence-corrected chi connectivity index (χ2v) is 2.60. The van der Waals surface area contributed by atoms with Gasteiger partial charge in [-0.1, -0.05) is 0 Å². The van der Waals surface area contributed by atoms with E-state index in [1.54, 1.807) is 19.1 Å². The van der Waals surface area contributed by atoms with Gasteiger partial charge in [-0.3, -0.25) is 4.79 Å². The summed E-state index contributed by atoms with van der Waals surface area (Å²) in [6.45, 7) is 1.74. The van der Waals surface area contributed by atoms with Crippen molar-refractivity contribution < 1.29 is 9.90 Å². The van der Waals surface area contributed by atoms with Gasteiger partial charge >= 0.3 is 0 Å². The van der Waals surface area contributed by atoms with Crippen molar-refractivity contribution in [1.82, 2.24) is 0 Å². The number of phenols is 1. The predicted molar refractivity (Wildman–Crippen MR) is 50.3 cm³/mol. The Labute approximate surface area is 76.4 Å². The minimum Gasteiger partial charge on any atom is -0.508 e. The first-order chi connectivity index (χ1) is 6.13. The number of carbonyl (C=O) groups excluding carboxylic acids is 1. The SMILES string of the molecule is C#CC(=O)Nc1ccc(O)c(C)c1. The Bertz CT molecular complexity index is 377. The highest BCUT2D eigenvalue weighted by Gasteiger charge is 2.00. The van der Waals surface area contributed by atoms with Crippen LogP contribution in [0.15, 0.2) is 18.2 Å². The molecule has 13 heavy (non-hydrogen) atoms. The maximum atomic E-state index is 10.8. The lowest BCUT2D eigenvalue weighted by molar-refractivity contribution is -0.111. The Morgan fingerprint density at radius 2 is 2.31 bits per heavy atom. The van der Waals surface area contributed by atoms with Gasteiger partial charge in [0.25, 0.3) is 5.91 Å². The first-order valence-electron chi connectivity index (χ1n) is 3.70. The van der Waals surface area contributed by atoms with Crippen LogP contribution >= 0.6 is 0 Å². The van der Waals surface area contributed by atoms with Gasteiger partial charge in [0.2, 0.25) is 0 Å². The van der Waals surface area contributed by atoms with Gasteiger partial charge in [0.05, 0.1) is 0 Å². The molecule has 0 saturated carbocycles. The maximum Gasteiger partial charge on any atom is 0.300 e. The molecule has 0 aliphatic heterocycles. The largest absolute Gasteiger partial charge is 0.508 e. The smallest absolute Gasteiger partial charge is 0.300 e. The van der Waals surface area contributed by atoms with Crippen LogP contribution in [-0.2, 0) is 4.79 Å². The number of terminal acetylenes is 1. The predicted octanol–water partition coefficient (Wildman–Crippen LogP) is 1.27. The topological polar surface area (TPSA) is 49.3 Å². The molecule has 3 heteroatoms. The number of nitrogens with one attached hydrogen (secondary N) is 1. The van der Waals surface area contributed by atoms with Gasteiger partial charge in [0.15, 0.2) is 0 Å². The lowest BCUT2D eigenvalue weighted by Crippen LogP contribution is -2.07. The molecule has 0 aromatic heterocycles.